The highest BCUT2D eigenvalue weighted by molar-refractivity contribution is 5.50. The maximum absolute atomic E-state index is 4.70. The zero-order chi connectivity index (χ0) is 18.2. The van der Waals surface area contributed by atoms with Crippen molar-refractivity contribution in [3.8, 4) is 0 Å². The molecule has 0 amide bonds. The van der Waals surface area contributed by atoms with Gasteiger partial charge in [0, 0.05) is 70.3 Å². The fourth-order valence-corrected chi connectivity index (χ4v) is 4.60. The van der Waals surface area contributed by atoms with Gasteiger partial charge in [0.25, 0.3) is 0 Å². The molecule has 1 saturated heterocycles. The Morgan fingerprint density at radius 3 is 2.59 bits per heavy atom. The lowest BCUT2D eigenvalue weighted by atomic mass is 9.91. The molecule has 7 heteroatoms. The molecule has 0 aromatic carbocycles. The molecule has 0 unspecified atom stereocenters. The van der Waals surface area contributed by atoms with E-state index in [-0.39, 0.29) is 0 Å². The lowest BCUT2D eigenvalue weighted by Gasteiger charge is -2.43. The van der Waals surface area contributed by atoms with Gasteiger partial charge in [-0.1, -0.05) is 6.42 Å². The van der Waals surface area contributed by atoms with E-state index in [0.717, 1.165) is 51.0 Å². The summed E-state index contributed by atoms with van der Waals surface area (Å²) in [4.78, 5) is 21.4. The summed E-state index contributed by atoms with van der Waals surface area (Å²) < 4.78 is 2.10. The number of fused-ring (bicyclic) bond motifs is 1. The van der Waals surface area contributed by atoms with Crippen LogP contribution in [0.25, 0.3) is 0 Å². The maximum Gasteiger partial charge on any atom is 0.135 e. The molecule has 27 heavy (non-hydrogen) atoms. The number of hydrogen-bond acceptors (Lipinski definition) is 6. The van der Waals surface area contributed by atoms with E-state index in [0.29, 0.717) is 0 Å². The van der Waals surface area contributed by atoms with E-state index in [4.69, 9.17) is 4.98 Å². The number of anilines is 1. The van der Waals surface area contributed by atoms with Crippen LogP contribution in [0.5, 0.6) is 0 Å². The average molecular weight is 368 g/mol. The van der Waals surface area contributed by atoms with Gasteiger partial charge in [-0.2, -0.15) is 0 Å². The molecule has 2 aliphatic heterocycles. The first-order valence-electron chi connectivity index (χ1n) is 10.3. The fraction of sp³-hybridized carbons (Fsp3) is 0.650. The van der Waals surface area contributed by atoms with Gasteiger partial charge in [-0.25, -0.2) is 15.0 Å². The minimum absolute atomic E-state index is 0.853. The monoisotopic (exact) mass is 367 g/mol. The largest absolute Gasteiger partial charge is 0.354 e. The average Bonchev–Trinajstić information content (AvgIpc) is 3.05. The molecule has 1 saturated carbocycles. The number of piperazine rings is 1. The molecule has 2 aromatic rings. The quantitative estimate of drug-likeness (QED) is 0.815. The van der Waals surface area contributed by atoms with Crippen LogP contribution in [0.4, 0.5) is 5.82 Å². The fourth-order valence-electron chi connectivity index (χ4n) is 4.60. The number of aromatic nitrogens is 4. The summed E-state index contributed by atoms with van der Waals surface area (Å²) >= 11 is 0. The third-order valence-corrected chi connectivity index (χ3v) is 6.55. The molecular formula is C20H29N7. The first-order valence-corrected chi connectivity index (χ1v) is 10.3. The van der Waals surface area contributed by atoms with E-state index in [2.05, 4.69) is 36.3 Å². The van der Waals surface area contributed by atoms with Gasteiger partial charge in [-0.05, 0) is 19.3 Å². The molecule has 2 fully saturated rings. The Morgan fingerprint density at radius 2 is 1.89 bits per heavy atom. The first-order chi connectivity index (χ1) is 13.3. The van der Waals surface area contributed by atoms with Crippen LogP contribution in [-0.2, 0) is 26.6 Å². The highest BCUT2D eigenvalue weighted by Gasteiger charge is 2.30. The Hall–Kier alpha value is -1.99. The maximum atomic E-state index is 4.70. The van der Waals surface area contributed by atoms with Gasteiger partial charge in [0.15, 0.2) is 0 Å². The minimum Gasteiger partial charge on any atom is -0.354 e. The Labute approximate surface area is 161 Å². The van der Waals surface area contributed by atoms with Crippen LogP contribution in [0, 0.1) is 0 Å². The SMILES string of the molecule is Cn1ccnc1CN1CCc2c(ncnc2N2CCN(C3CCC3)CC2)C1. The van der Waals surface area contributed by atoms with E-state index in [9.17, 15) is 0 Å². The van der Waals surface area contributed by atoms with Gasteiger partial charge in [-0.3, -0.25) is 9.80 Å². The van der Waals surface area contributed by atoms with Crippen molar-refractivity contribution in [2.45, 2.75) is 44.8 Å². The molecule has 144 valence electrons. The summed E-state index contributed by atoms with van der Waals surface area (Å²) in [5.74, 6) is 2.30. The van der Waals surface area contributed by atoms with Gasteiger partial charge in [0.05, 0.1) is 12.2 Å². The standard InChI is InChI=1S/C20H29N7/c1-24-8-6-21-19(24)14-25-7-5-17-18(13-25)22-15-23-20(17)27-11-9-26(10-12-27)16-3-2-4-16/h6,8,15-16H,2-5,7,9-14H2,1H3. The predicted molar refractivity (Wildman–Crippen MR) is 104 cm³/mol. The molecule has 5 rings (SSSR count). The van der Waals surface area contributed by atoms with Gasteiger partial charge < -0.3 is 9.47 Å². The van der Waals surface area contributed by atoms with Gasteiger partial charge in [-0.15, -0.1) is 0 Å². The highest BCUT2D eigenvalue weighted by atomic mass is 15.3. The van der Waals surface area contributed by atoms with E-state index in [1.807, 2.05) is 12.4 Å². The Bertz CT molecular complexity index is 789. The molecule has 3 aliphatic rings. The lowest BCUT2D eigenvalue weighted by Crippen LogP contribution is -2.52. The van der Waals surface area contributed by atoms with Crippen LogP contribution in [0.3, 0.4) is 0 Å². The molecule has 4 heterocycles. The van der Waals surface area contributed by atoms with Crippen LogP contribution in [0.1, 0.15) is 36.3 Å². The van der Waals surface area contributed by atoms with Crippen LogP contribution in [0.15, 0.2) is 18.7 Å². The van der Waals surface area contributed by atoms with E-state index in [1.54, 1.807) is 6.33 Å². The molecule has 0 spiro atoms. The number of rotatable bonds is 4. The second-order valence-electron chi connectivity index (χ2n) is 8.15. The summed E-state index contributed by atoms with van der Waals surface area (Å²) in [5, 5.41) is 0. The molecule has 0 bridgehead atoms. The molecule has 0 radical (unpaired) electrons. The zero-order valence-corrected chi connectivity index (χ0v) is 16.2. The van der Waals surface area contributed by atoms with Crippen molar-refractivity contribution in [1.82, 2.24) is 29.3 Å². The molecule has 1 aliphatic carbocycles. The van der Waals surface area contributed by atoms with Crippen LogP contribution in [-0.4, -0.2) is 68.1 Å². The predicted octanol–water partition coefficient (Wildman–Crippen LogP) is 1.44. The second kappa shape index (κ2) is 7.20. The molecule has 0 atom stereocenters. The minimum atomic E-state index is 0.853. The smallest absolute Gasteiger partial charge is 0.135 e. The van der Waals surface area contributed by atoms with E-state index in [1.165, 1.54) is 49.4 Å². The van der Waals surface area contributed by atoms with Crippen LogP contribution < -0.4 is 4.90 Å². The summed E-state index contributed by atoms with van der Waals surface area (Å²) in [6.45, 7) is 7.35. The molecule has 7 nitrogen and oxygen atoms in total. The van der Waals surface area contributed by atoms with Crippen molar-refractivity contribution in [2.75, 3.05) is 37.6 Å². The third kappa shape index (κ3) is 3.34. The Morgan fingerprint density at radius 1 is 1.04 bits per heavy atom. The number of imidazole rings is 1. The number of nitrogens with zero attached hydrogens (tertiary/aromatic N) is 7. The van der Waals surface area contributed by atoms with Gasteiger partial charge >= 0.3 is 0 Å². The summed E-state index contributed by atoms with van der Waals surface area (Å²) in [6.07, 6.45) is 10.9. The van der Waals surface area contributed by atoms with Gasteiger partial charge in [0.1, 0.15) is 18.0 Å². The van der Waals surface area contributed by atoms with Crippen molar-refractivity contribution < 1.29 is 0 Å². The van der Waals surface area contributed by atoms with Crippen LogP contribution in [0.2, 0.25) is 0 Å². The molecular weight excluding hydrogens is 338 g/mol. The topological polar surface area (TPSA) is 53.3 Å². The first kappa shape index (κ1) is 17.1. The summed E-state index contributed by atoms with van der Waals surface area (Å²) in [7, 11) is 2.06. The lowest BCUT2D eigenvalue weighted by molar-refractivity contribution is 0.120. The van der Waals surface area contributed by atoms with Crippen molar-refractivity contribution in [3.05, 3.63) is 35.8 Å². The van der Waals surface area contributed by atoms with E-state index < -0.39 is 0 Å². The normalized spacial score (nSPS) is 21.9. The van der Waals surface area contributed by atoms with Crippen molar-refractivity contribution >= 4 is 5.82 Å². The van der Waals surface area contributed by atoms with Crippen molar-refractivity contribution in [1.29, 1.82) is 0 Å². The number of aryl methyl sites for hydroxylation is 1. The van der Waals surface area contributed by atoms with E-state index >= 15 is 0 Å². The van der Waals surface area contributed by atoms with Crippen LogP contribution >= 0.6 is 0 Å². The molecule has 2 aromatic heterocycles. The van der Waals surface area contributed by atoms with Gasteiger partial charge in [0.2, 0.25) is 0 Å². The second-order valence-corrected chi connectivity index (χ2v) is 8.15. The highest BCUT2D eigenvalue weighted by Crippen LogP contribution is 2.29. The Kier molecular flexibility index (Phi) is 4.57. The Balaban J connectivity index is 1.27. The summed E-state index contributed by atoms with van der Waals surface area (Å²) in [5.41, 5.74) is 2.56. The summed E-state index contributed by atoms with van der Waals surface area (Å²) in [6, 6.07) is 0.853. The van der Waals surface area contributed by atoms with Crippen molar-refractivity contribution in [2.24, 2.45) is 7.05 Å². The number of hydrogen-bond donors (Lipinski definition) is 0. The third-order valence-electron chi connectivity index (χ3n) is 6.55. The molecule has 0 N–H and O–H groups in total. The van der Waals surface area contributed by atoms with Crippen molar-refractivity contribution in [3.63, 3.8) is 0 Å². The zero-order valence-electron chi connectivity index (χ0n) is 16.2.